The van der Waals surface area contributed by atoms with Crippen LogP contribution in [-0.4, -0.2) is 20.9 Å². The minimum absolute atomic E-state index is 0.0605. The first-order chi connectivity index (χ1) is 14.2. The number of hydrogen-bond acceptors (Lipinski definition) is 3. The predicted octanol–water partition coefficient (Wildman–Crippen LogP) is 4.28. The van der Waals surface area contributed by atoms with Gasteiger partial charge in [0, 0.05) is 23.9 Å². The second kappa shape index (κ2) is 7.53. The van der Waals surface area contributed by atoms with Gasteiger partial charge in [0.15, 0.2) is 0 Å². The zero-order valence-electron chi connectivity index (χ0n) is 16.0. The fourth-order valence-corrected chi connectivity index (χ4v) is 4.50. The van der Waals surface area contributed by atoms with E-state index >= 15 is 0 Å². The van der Waals surface area contributed by atoms with Crippen LogP contribution in [0.25, 0.3) is 0 Å². The van der Waals surface area contributed by atoms with Gasteiger partial charge in [-0.15, -0.1) is 0 Å². The molecule has 154 valence electrons. The van der Waals surface area contributed by atoms with Crippen molar-refractivity contribution in [3.05, 3.63) is 89.0 Å². The number of benzene rings is 3. The molecule has 1 aliphatic heterocycles. The van der Waals surface area contributed by atoms with Crippen LogP contribution in [-0.2, 0) is 16.4 Å². The van der Waals surface area contributed by atoms with E-state index < -0.39 is 21.7 Å². The second-order valence-electron chi connectivity index (χ2n) is 7.09. The maximum absolute atomic E-state index is 13.8. The van der Waals surface area contributed by atoms with E-state index in [2.05, 4.69) is 4.72 Å². The maximum Gasteiger partial charge on any atom is 0.261 e. The summed E-state index contributed by atoms with van der Waals surface area (Å²) in [5, 5.41) is 0. The van der Waals surface area contributed by atoms with Gasteiger partial charge in [-0.1, -0.05) is 17.7 Å². The fourth-order valence-electron chi connectivity index (χ4n) is 3.38. The van der Waals surface area contributed by atoms with E-state index in [-0.39, 0.29) is 16.5 Å². The van der Waals surface area contributed by atoms with Crippen LogP contribution in [0.1, 0.15) is 21.5 Å². The van der Waals surface area contributed by atoms with Gasteiger partial charge in [-0.2, -0.15) is 0 Å². The number of amides is 1. The lowest BCUT2D eigenvalue weighted by Gasteiger charge is -2.18. The van der Waals surface area contributed by atoms with E-state index in [1.54, 1.807) is 23.1 Å². The predicted molar refractivity (Wildman–Crippen MR) is 110 cm³/mol. The number of carbonyl (C=O) groups excluding carboxylic acids is 1. The molecule has 1 N–H and O–H groups in total. The highest BCUT2D eigenvalue weighted by molar-refractivity contribution is 7.92. The smallest absolute Gasteiger partial charge is 0.261 e. The van der Waals surface area contributed by atoms with Crippen LogP contribution in [0.4, 0.5) is 20.2 Å². The van der Waals surface area contributed by atoms with Crippen LogP contribution in [0.5, 0.6) is 0 Å². The van der Waals surface area contributed by atoms with Crippen molar-refractivity contribution < 1.29 is 22.0 Å². The molecule has 1 heterocycles. The molecule has 4 rings (SSSR count). The van der Waals surface area contributed by atoms with Crippen LogP contribution < -0.4 is 9.62 Å². The molecule has 0 bridgehead atoms. The van der Waals surface area contributed by atoms with E-state index in [0.29, 0.717) is 35.8 Å². The Kier molecular flexibility index (Phi) is 5.03. The monoisotopic (exact) mass is 428 g/mol. The van der Waals surface area contributed by atoms with Crippen molar-refractivity contribution in [2.24, 2.45) is 0 Å². The van der Waals surface area contributed by atoms with Gasteiger partial charge in [-0.05, 0) is 61.4 Å². The molecule has 3 aromatic carbocycles. The van der Waals surface area contributed by atoms with Crippen LogP contribution in [0.15, 0.2) is 65.6 Å². The summed E-state index contributed by atoms with van der Waals surface area (Å²) in [6.45, 7) is 2.37. The molecule has 3 aromatic rings. The van der Waals surface area contributed by atoms with Crippen molar-refractivity contribution in [3.8, 4) is 0 Å². The molecule has 1 amide bonds. The summed E-state index contributed by atoms with van der Waals surface area (Å²) in [6, 6.07) is 14.3. The third kappa shape index (κ3) is 3.78. The average molecular weight is 428 g/mol. The van der Waals surface area contributed by atoms with Crippen molar-refractivity contribution in [3.63, 3.8) is 0 Å². The number of hydrogen-bond donors (Lipinski definition) is 1. The third-order valence-electron chi connectivity index (χ3n) is 4.98. The number of anilines is 2. The van der Waals surface area contributed by atoms with E-state index in [4.69, 9.17) is 0 Å². The number of rotatable bonds is 4. The molecule has 0 radical (unpaired) electrons. The topological polar surface area (TPSA) is 66.5 Å². The highest BCUT2D eigenvalue weighted by atomic mass is 32.2. The summed E-state index contributed by atoms with van der Waals surface area (Å²) in [6.07, 6.45) is 0.501. The van der Waals surface area contributed by atoms with Crippen LogP contribution in [0.2, 0.25) is 0 Å². The molecule has 0 saturated carbocycles. The molecule has 0 aromatic heterocycles. The van der Waals surface area contributed by atoms with Crippen molar-refractivity contribution in [2.45, 2.75) is 18.2 Å². The molecule has 0 spiro atoms. The Balaban J connectivity index is 1.60. The number of nitrogens with one attached hydrogen (secondary N) is 1. The van der Waals surface area contributed by atoms with Crippen molar-refractivity contribution in [1.29, 1.82) is 0 Å². The summed E-state index contributed by atoms with van der Waals surface area (Å²) in [4.78, 5) is 14.4. The molecule has 8 heteroatoms. The van der Waals surface area contributed by atoms with Crippen molar-refractivity contribution in [2.75, 3.05) is 16.2 Å². The molecular formula is C22H18F2N2O3S. The maximum atomic E-state index is 13.8. The Hall–Kier alpha value is -3.26. The molecule has 0 saturated heterocycles. The van der Waals surface area contributed by atoms with Gasteiger partial charge in [0.25, 0.3) is 15.9 Å². The summed E-state index contributed by atoms with van der Waals surface area (Å²) in [5.74, 6) is -1.96. The highest BCUT2D eigenvalue weighted by Gasteiger charge is 2.27. The molecular weight excluding hydrogens is 410 g/mol. The number of nitrogens with zero attached hydrogens (tertiary/aromatic N) is 1. The molecule has 0 aliphatic carbocycles. The molecule has 0 fully saturated rings. The van der Waals surface area contributed by atoms with E-state index in [1.807, 2.05) is 19.1 Å². The normalized spacial score (nSPS) is 13.2. The lowest BCUT2D eigenvalue weighted by molar-refractivity contribution is 0.0989. The molecule has 1 aliphatic rings. The third-order valence-corrected chi connectivity index (χ3v) is 6.34. The summed E-state index contributed by atoms with van der Waals surface area (Å²) in [5.41, 5.74) is 2.62. The molecule has 30 heavy (non-hydrogen) atoms. The minimum atomic E-state index is -4.08. The Bertz CT molecular complexity index is 1240. The molecule has 0 unspecified atom stereocenters. The fraction of sp³-hybridized carbons (Fsp3) is 0.136. The summed E-state index contributed by atoms with van der Waals surface area (Å²) >= 11 is 0. The van der Waals surface area contributed by atoms with Crippen molar-refractivity contribution in [1.82, 2.24) is 0 Å². The van der Waals surface area contributed by atoms with E-state index in [9.17, 15) is 22.0 Å². The zero-order chi connectivity index (χ0) is 21.5. The zero-order valence-corrected chi connectivity index (χ0v) is 16.8. The number of sulfonamides is 1. The Morgan fingerprint density at radius 2 is 1.73 bits per heavy atom. The quantitative estimate of drug-likeness (QED) is 0.675. The number of carbonyl (C=O) groups is 1. The average Bonchev–Trinajstić information content (AvgIpc) is 3.13. The van der Waals surface area contributed by atoms with Crippen LogP contribution in [0, 0.1) is 18.6 Å². The first kappa shape index (κ1) is 20.0. The lowest BCUT2D eigenvalue weighted by Crippen LogP contribution is -2.28. The van der Waals surface area contributed by atoms with Gasteiger partial charge in [0.05, 0.1) is 10.6 Å². The van der Waals surface area contributed by atoms with Gasteiger partial charge < -0.3 is 4.90 Å². The standard InChI is InChI=1S/C22H18F2N2O3S/c1-14-2-4-15(5-3-14)22(27)26-11-10-16-12-18(7-9-21(16)26)30(28,29)25-20-8-6-17(23)13-19(20)24/h2-9,12-13,25H,10-11H2,1H3. The van der Waals surface area contributed by atoms with E-state index in [0.717, 1.165) is 17.7 Å². The number of fused-ring (bicyclic) bond motifs is 1. The first-order valence-corrected chi connectivity index (χ1v) is 10.7. The minimum Gasteiger partial charge on any atom is -0.308 e. The van der Waals surface area contributed by atoms with Gasteiger partial charge in [-0.25, -0.2) is 17.2 Å². The lowest BCUT2D eigenvalue weighted by atomic mass is 10.1. The van der Waals surface area contributed by atoms with Gasteiger partial charge in [0.2, 0.25) is 0 Å². The Morgan fingerprint density at radius 1 is 1.00 bits per heavy atom. The number of halogens is 2. The number of aryl methyl sites for hydroxylation is 1. The van der Waals surface area contributed by atoms with Gasteiger partial charge in [0.1, 0.15) is 11.6 Å². The van der Waals surface area contributed by atoms with Crippen LogP contribution >= 0.6 is 0 Å². The summed E-state index contributed by atoms with van der Waals surface area (Å²) in [7, 11) is -4.08. The molecule has 0 atom stereocenters. The summed E-state index contributed by atoms with van der Waals surface area (Å²) < 4.78 is 54.3. The van der Waals surface area contributed by atoms with E-state index in [1.165, 1.54) is 12.1 Å². The SMILES string of the molecule is Cc1ccc(C(=O)N2CCc3cc(S(=O)(=O)Nc4ccc(F)cc4F)ccc32)cc1. The van der Waals surface area contributed by atoms with Gasteiger partial charge >= 0.3 is 0 Å². The highest BCUT2D eigenvalue weighted by Crippen LogP contribution is 2.32. The molecule has 5 nitrogen and oxygen atoms in total. The van der Waals surface area contributed by atoms with Crippen LogP contribution in [0.3, 0.4) is 0 Å². The largest absolute Gasteiger partial charge is 0.308 e. The Labute approximate surface area is 173 Å². The van der Waals surface area contributed by atoms with Crippen molar-refractivity contribution >= 4 is 27.3 Å². The Morgan fingerprint density at radius 3 is 2.43 bits per heavy atom. The second-order valence-corrected chi connectivity index (χ2v) is 8.78. The first-order valence-electron chi connectivity index (χ1n) is 9.24. The van der Waals surface area contributed by atoms with Gasteiger partial charge in [-0.3, -0.25) is 9.52 Å².